The van der Waals surface area contributed by atoms with Gasteiger partial charge in [0.15, 0.2) is 0 Å². The van der Waals surface area contributed by atoms with E-state index in [-0.39, 0.29) is 12.3 Å². The van der Waals surface area contributed by atoms with Crippen LogP contribution >= 0.6 is 11.3 Å². The largest absolute Gasteiger partial charge is 0.315 e. The van der Waals surface area contributed by atoms with Crippen molar-refractivity contribution in [3.8, 4) is 0 Å². The Morgan fingerprint density at radius 3 is 2.65 bits per heavy atom. The first kappa shape index (κ1) is 17.7. The number of nitrogens with zero attached hydrogens (tertiary/aromatic N) is 2. The van der Waals surface area contributed by atoms with E-state index in [0.717, 1.165) is 30.5 Å². The molecule has 0 bridgehead atoms. The standard InChI is InChI=1S/C19H22N2O3S2/c1-20-18-5-4-17(12-15(18)13-19(20)22)26(23,24)21-8-6-14(7-9-21)11-16-3-2-10-25-16/h2-5,10,12,14H,6-9,11,13H2,1H3. The number of sulfonamides is 1. The third kappa shape index (κ3) is 3.19. The molecule has 0 atom stereocenters. The number of rotatable bonds is 4. The number of thiophene rings is 1. The van der Waals surface area contributed by atoms with Crippen molar-refractivity contribution in [3.05, 3.63) is 46.2 Å². The van der Waals surface area contributed by atoms with Gasteiger partial charge in [0.25, 0.3) is 0 Å². The van der Waals surface area contributed by atoms with Crippen molar-refractivity contribution in [1.29, 1.82) is 0 Å². The molecule has 1 aromatic heterocycles. The number of fused-ring (bicyclic) bond motifs is 1. The highest BCUT2D eigenvalue weighted by Gasteiger charge is 2.31. The number of anilines is 1. The topological polar surface area (TPSA) is 57.7 Å². The lowest BCUT2D eigenvalue weighted by Gasteiger charge is -2.31. The number of benzene rings is 1. The Kier molecular flexibility index (Phi) is 4.62. The number of likely N-dealkylation sites (N-methyl/N-ethyl adjacent to an activating group) is 1. The minimum atomic E-state index is -3.50. The van der Waals surface area contributed by atoms with E-state index in [1.54, 1.807) is 45.8 Å². The molecular weight excluding hydrogens is 368 g/mol. The van der Waals surface area contributed by atoms with Crippen LogP contribution in [0.3, 0.4) is 0 Å². The molecule has 1 fully saturated rings. The maximum Gasteiger partial charge on any atom is 0.243 e. The van der Waals surface area contributed by atoms with Gasteiger partial charge in [0.1, 0.15) is 0 Å². The van der Waals surface area contributed by atoms with Crippen molar-refractivity contribution < 1.29 is 13.2 Å². The summed E-state index contributed by atoms with van der Waals surface area (Å²) < 4.78 is 27.6. The molecule has 0 saturated carbocycles. The summed E-state index contributed by atoms with van der Waals surface area (Å²) in [5, 5.41) is 2.09. The molecule has 2 aromatic rings. The molecule has 4 rings (SSSR count). The van der Waals surface area contributed by atoms with Gasteiger partial charge in [-0.1, -0.05) is 6.07 Å². The number of carbonyl (C=O) groups excluding carboxylic acids is 1. The molecule has 0 radical (unpaired) electrons. The van der Waals surface area contributed by atoms with Crippen LogP contribution < -0.4 is 4.90 Å². The van der Waals surface area contributed by atoms with Crippen LogP contribution in [0.5, 0.6) is 0 Å². The first-order valence-electron chi connectivity index (χ1n) is 8.87. The van der Waals surface area contributed by atoms with Crippen molar-refractivity contribution in [3.63, 3.8) is 0 Å². The van der Waals surface area contributed by atoms with Crippen molar-refractivity contribution in [1.82, 2.24) is 4.31 Å². The van der Waals surface area contributed by atoms with Crippen LogP contribution in [0.4, 0.5) is 5.69 Å². The zero-order chi connectivity index (χ0) is 18.3. The van der Waals surface area contributed by atoms with Gasteiger partial charge in [0.05, 0.1) is 11.3 Å². The molecule has 0 spiro atoms. The zero-order valence-corrected chi connectivity index (χ0v) is 16.4. The van der Waals surface area contributed by atoms with E-state index in [9.17, 15) is 13.2 Å². The van der Waals surface area contributed by atoms with Gasteiger partial charge in [0.2, 0.25) is 15.9 Å². The van der Waals surface area contributed by atoms with E-state index < -0.39 is 10.0 Å². The summed E-state index contributed by atoms with van der Waals surface area (Å²) in [6.07, 6.45) is 3.10. The van der Waals surface area contributed by atoms with Gasteiger partial charge in [-0.15, -0.1) is 11.3 Å². The molecule has 26 heavy (non-hydrogen) atoms. The Bertz CT molecular complexity index is 914. The van der Waals surface area contributed by atoms with Crippen LogP contribution in [0.2, 0.25) is 0 Å². The van der Waals surface area contributed by atoms with Crippen molar-refractivity contribution in [2.45, 2.75) is 30.6 Å². The van der Waals surface area contributed by atoms with Gasteiger partial charge in [-0.3, -0.25) is 4.79 Å². The lowest BCUT2D eigenvalue weighted by atomic mass is 9.94. The fraction of sp³-hybridized carbons (Fsp3) is 0.421. The summed E-state index contributed by atoms with van der Waals surface area (Å²) in [4.78, 5) is 15.1. The van der Waals surface area contributed by atoms with Gasteiger partial charge < -0.3 is 4.90 Å². The molecule has 0 N–H and O–H groups in total. The fourth-order valence-corrected chi connectivity index (χ4v) is 6.16. The summed E-state index contributed by atoms with van der Waals surface area (Å²) >= 11 is 1.77. The van der Waals surface area contributed by atoms with Crippen molar-refractivity contribution in [2.75, 3.05) is 25.0 Å². The van der Waals surface area contributed by atoms with Crippen molar-refractivity contribution in [2.24, 2.45) is 5.92 Å². The normalized spacial score (nSPS) is 19.1. The van der Waals surface area contributed by atoms with E-state index in [0.29, 0.717) is 23.9 Å². The van der Waals surface area contributed by atoms with Gasteiger partial charge in [-0.25, -0.2) is 8.42 Å². The van der Waals surface area contributed by atoms with Crippen LogP contribution in [0.25, 0.3) is 0 Å². The first-order valence-corrected chi connectivity index (χ1v) is 11.2. The fourth-order valence-electron chi connectivity index (χ4n) is 3.82. The Morgan fingerprint density at radius 1 is 1.19 bits per heavy atom. The molecule has 0 unspecified atom stereocenters. The van der Waals surface area contributed by atoms with Crippen LogP contribution in [-0.2, 0) is 27.7 Å². The van der Waals surface area contributed by atoms with Gasteiger partial charge in [-0.2, -0.15) is 4.31 Å². The molecule has 1 amide bonds. The van der Waals surface area contributed by atoms with Gasteiger partial charge >= 0.3 is 0 Å². The van der Waals surface area contributed by atoms with E-state index in [4.69, 9.17) is 0 Å². The van der Waals surface area contributed by atoms with E-state index in [1.807, 2.05) is 0 Å². The summed E-state index contributed by atoms with van der Waals surface area (Å²) in [5.41, 5.74) is 1.61. The van der Waals surface area contributed by atoms with Gasteiger partial charge in [-0.05, 0) is 60.4 Å². The van der Waals surface area contributed by atoms with Crippen LogP contribution in [-0.4, -0.2) is 38.8 Å². The predicted octanol–water partition coefficient (Wildman–Crippen LogP) is 2.91. The highest BCUT2D eigenvalue weighted by atomic mass is 32.2. The molecule has 2 aliphatic heterocycles. The Hall–Kier alpha value is -1.70. The average molecular weight is 391 g/mol. The molecule has 138 valence electrons. The molecule has 3 heterocycles. The molecular formula is C19H22N2O3S2. The van der Waals surface area contributed by atoms with E-state index in [1.165, 1.54) is 4.88 Å². The number of piperidine rings is 1. The highest BCUT2D eigenvalue weighted by molar-refractivity contribution is 7.89. The Morgan fingerprint density at radius 2 is 1.96 bits per heavy atom. The SMILES string of the molecule is CN1C(=O)Cc2cc(S(=O)(=O)N3CCC(Cc4cccs4)CC3)ccc21. The smallest absolute Gasteiger partial charge is 0.243 e. The second kappa shape index (κ2) is 6.79. The minimum Gasteiger partial charge on any atom is -0.315 e. The minimum absolute atomic E-state index is 0.00365. The number of hydrogen-bond acceptors (Lipinski definition) is 4. The molecule has 7 heteroatoms. The molecule has 5 nitrogen and oxygen atoms in total. The van der Waals surface area contributed by atoms with Crippen LogP contribution in [0, 0.1) is 5.92 Å². The van der Waals surface area contributed by atoms with E-state index in [2.05, 4.69) is 17.5 Å². The number of hydrogen-bond donors (Lipinski definition) is 0. The maximum absolute atomic E-state index is 13.0. The third-order valence-electron chi connectivity index (χ3n) is 5.41. The maximum atomic E-state index is 13.0. The summed E-state index contributed by atoms with van der Waals surface area (Å²) in [5.74, 6) is 0.551. The number of amides is 1. The number of carbonyl (C=O) groups is 1. The molecule has 1 saturated heterocycles. The average Bonchev–Trinajstić information content (AvgIpc) is 3.23. The quantitative estimate of drug-likeness (QED) is 0.807. The molecule has 0 aliphatic carbocycles. The molecule has 1 aromatic carbocycles. The summed E-state index contributed by atoms with van der Waals surface area (Å²) in [6.45, 7) is 1.13. The molecule has 2 aliphatic rings. The lowest BCUT2D eigenvalue weighted by Crippen LogP contribution is -2.38. The summed E-state index contributed by atoms with van der Waals surface area (Å²) in [7, 11) is -1.77. The third-order valence-corrected chi connectivity index (χ3v) is 8.20. The van der Waals surface area contributed by atoms with Crippen molar-refractivity contribution >= 4 is 33.0 Å². The Balaban J connectivity index is 1.46. The zero-order valence-electron chi connectivity index (χ0n) is 14.7. The van der Waals surface area contributed by atoms with Crippen LogP contribution in [0.1, 0.15) is 23.3 Å². The lowest BCUT2D eigenvalue weighted by molar-refractivity contribution is -0.117. The second-order valence-corrected chi connectivity index (χ2v) is 10.0. The Labute approximate surface area is 158 Å². The summed E-state index contributed by atoms with van der Waals surface area (Å²) in [6, 6.07) is 9.26. The van der Waals surface area contributed by atoms with Gasteiger partial charge in [0, 0.05) is 30.7 Å². The second-order valence-electron chi connectivity index (χ2n) is 7.05. The van der Waals surface area contributed by atoms with E-state index >= 15 is 0 Å². The predicted molar refractivity (Wildman–Crippen MR) is 103 cm³/mol. The highest BCUT2D eigenvalue weighted by Crippen LogP contribution is 2.32. The monoisotopic (exact) mass is 390 g/mol. The first-order chi connectivity index (χ1) is 12.4. The van der Waals surface area contributed by atoms with Crippen LogP contribution in [0.15, 0.2) is 40.6 Å².